The molecule has 0 fully saturated rings. The average Bonchev–Trinajstić information content (AvgIpc) is 2.59. The highest BCUT2D eigenvalue weighted by atomic mass is 35.5. The molecule has 2 heterocycles. The topological polar surface area (TPSA) is 45.0 Å². The van der Waals surface area contributed by atoms with Gasteiger partial charge >= 0.3 is 0 Å². The van der Waals surface area contributed by atoms with E-state index in [1.807, 2.05) is 6.07 Å². The third-order valence-electron chi connectivity index (χ3n) is 2.91. The average molecular weight is 240 g/mol. The summed E-state index contributed by atoms with van der Waals surface area (Å²) in [7, 11) is 0. The number of hydrogen-bond donors (Lipinski definition) is 2. The summed E-state index contributed by atoms with van der Waals surface area (Å²) in [5.41, 5.74) is 8.04. The lowest BCUT2D eigenvalue weighted by atomic mass is 10.0. The maximum absolute atomic E-state index is 6.11. The van der Waals surface area contributed by atoms with Gasteiger partial charge in [0.25, 0.3) is 0 Å². The van der Waals surface area contributed by atoms with Gasteiger partial charge in [-0.2, -0.15) is 0 Å². The first-order valence-corrected chi connectivity index (χ1v) is 6.14. The number of nitrogens with two attached hydrogens (primary N) is 1. The van der Waals surface area contributed by atoms with Gasteiger partial charge in [0.2, 0.25) is 0 Å². The van der Waals surface area contributed by atoms with Crippen LogP contribution < -0.4 is 5.73 Å². The van der Waals surface area contributed by atoms with Crippen molar-refractivity contribution in [3.63, 3.8) is 0 Å². The zero-order valence-corrected chi connectivity index (χ0v) is 10.3. The van der Waals surface area contributed by atoms with Crippen LogP contribution in [0, 0.1) is 0 Å². The number of nitrogens with one attached hydrogen (secondary N) is 1. The Labute approximate surface area is 101 Å². The Morgan fingerprint density at radius 3 is 3.00 bits per heavy atom. The summed E-state index contributed by atoms with van der Waals surface area (Å²) >= 11 is 6.11. The van der Waals surface area contributed by atoms with Gasteiger partial charge in [-0.15, -0.1) is 0 Å². The number of hydrogen-bond acceptors (Lipinski definition) is 2. The lowest BCUT2D eigenvalue weighted by Crippen LogP contribution is -2.30. The van der Waals surface area contributed by atoms with E-state index in [0.717, 1.165) is 31.6 Å². The molecule has 0 unspecified atom stereocenters. The summed E-state index contributed by atoms with van der Waals surface area (Å²) in [4.78, 5) is 5.39. The van der Waals surface area contributed by atoms with E-state index in [2.05, 4.69) is 22.9 Å². The predicted molar refractivity (Wildman–Crippen MR) is 69.5 cm³/mol. The molecule has 88 valence electrons. The summed E-state index contributed by atoms with van der Waals surface area (Å²) in [5, 5.41) is 0.655. The molecule has 1 aliphatic heterocycles. The van der Waals surface area contributed by atoms with Crippen LogP contribution in [0.15, 0.2) is 12.1 Å². The van der Waals surface area contributed by atoms with Crippen molar-refractivity contribution >= 4 is 23.0 Å². The molecule has 0 saturated heterocycles. The largest absolute Gasteiger partial charge is 0.385 e. The first kappa shape index (κ1) is 11.6. The van der Waals surface area contributed by atoms with E-state index in [-0.39, 0.29) is 0 Å². The molecular formula is C12H18ClN3. The Balaban J connectivity index is 2.15. The molecule has 1 aromatic rings. The molecule has 0 bridgehead atoms. The molecule has 0 radical (unpaired) electrons. The van der Waals surface area contributed by atoms with Crippen molar-refractivity contribution in [2.45, 2.75) is 19.8 Å². The van der Waals surface area contributed by atoms with Crippen LogP contribution in [-0.4, -0.2) is 29.5 Å². The van der Waals surface area contributed by atoms with E-state index in [9.17, 15) is 0 Å². The number of H-pyrrole nitrogens is 1. The molecule has 0 saturated carbocycles. The highest BCUT2D eigenvalue weighted by Crippen LogP contribution is 2.28. The molecule has 0 atom stereocenters. The van der Waals surface area contributed by atoms with Crippen molar-refractivity contribution < 1.29 is 0 Å². The second kappa shape index (κ2) is 4.93. The van der Waals surface area contributed by atoms with Crippen molar-refractivity contribution in [2.75, 3.05) is 25.4 Å². The smallest absolute Gasteiger partial charge is 0.115 e. The van der Waals surface area contributed by atoms with E-state index in [1.54, 1.807) is 0 Å². The quantitative estimate of drug-likeness (QED) is 0.852. The first-order valence-electron chi connectivity index (χ1n) is 5.76. The number of aromatic nitrogens is 1. The zero-order valence-electron chi connectivity index (χ0n) is 9.59. The lowest BCUT2D eigenvalue weighted by molar-refractivity contribution is 0.305. The molecule has 0 amide bonds. The monoisotopic (exact) mass is 239 g/mol. The molecule has 3 nitrogen and oxygen atoms in total. The number of anilines is 1. The fraction of sp³-hybridized carbons (Fsp3) is 0.500. The Hall–Kier alpha value is -0.930. The van der Waals surface area contributed by atoms with Crippen LogP contribution in [0.4, 0.5) is 5.82 Å². The fourth-order valence-corrected chi connectivity index (χ4v) is 2.48. The van der Waals surface area contributed by atoms with Crippen LogP contribution in [0.1, 0.15) is 25.3 Å². The van der Waals surface area contributed by atoms with Gasteiger partial charge in [0.1, 0.15) is 11.0 Å². The van der Waals surface area contributed by atoms with Crippen LogP contribution in [0.25, 0.3) is 5.57 Å². The van der Waals surface area contributed by atoms with E-state index < -0.39 is 0 Å². The molecule has 1 aromatic heterocycles. The highest BCUT2D eigenvalue weighted by Gasteiger charge is 2.16. The number of halogens is 1. The number of aromatic amines is 1. The zero-order chi connectivity index (χ0) is 11.5. The Morgan fingerprint density at radius 2 is 2.38 bits per heavy atom. The van der Waals surface area contributed by atoms with Gasteiger partial charge in [-0.25, -0.2) is 0 Å². The molecule has 0 aromatic carbocycles. The SMILES string of the molecule is CCCN1CCC=C(c2cc(N)[nH]c2Cl)C1. The third kappa shape index (κ3) is 2.42. The fourth-order valence-electron chi connectivity index (χ4n) is 2.19. The van der Waals surface area contributed by atoms with Gasteiger partial charge in [0, 0.05) is 18.7 Å². The molecule has 2 rings (SSSR count). The van der Waals surface area contributed by atoms with Crippen LogP contribution in [-0.2, 0) is 0 Å². The van der Waals surface area contributed by atoms with Crippen molar-refractivity contribution in [3.05, 3.63) is 22.9 Å². The van der Waals surface area contributed by atoms with Gasteiger partial charge in [0.15, 0.2) is 0 Å². The van der Waals surface area contributed by atoms with E-state index in [1.165, 1.54) is 12.0 Å². The minimum Gasteiger partial charge on any atom is -0.385 e. The highest BCUT2D eigenvalue weighted by molar-refractivity contribution is 6.31. The number of nitrogen functional groups attached to an aromatic ring is 1. The Bertz CT molecular complexity index is 395. The summed E-state index contributed by atoms with van der Waals surface area (Å²) < 4.78 is 0. The summed E-state index contributed by atoms with van der Waals surface area (Å²) in [6.07, 6.45) is 4.55. The molecule has 1 aliphatic rings. The van der Waals surface area contributed by atoms with Crippen LogP contribution in [0.2, 0.25) is 5.15 Å². The molecular weight excluding hydrogens is 222 g/mol. The Morgan fingerprint density at radius 1 is 1.56 bits per heavy atom. The molecule has 0 aliphatic carbocycles. The molecule has 16 heavy (non-hydrogen) atoms. The maximum atomic E-state index is 6.11. The summed E-state index contributed by atoms with van der Waals surface area (Å²) in [5.74, 6) is 0.633. The normalized spacial score (nSPS) is 17.5. The Kier molecular flexibility index (Phi) is 3.56. The van der Waals surface area contributed by atoms with Gasteiger partial charge in [-0.1, -0.05) is 24.6 Å². The van der Waals surface area contributed by atoms with Crippen molar-refractivity contribution in [3.8, 4) is 0 Å². The van der Waals surface area contributed by atoms with Crippen molar-refractivity contribution in [1.82, 2.24) is 9.88 Å². The second-order valence-electron chi connectivity index (χ2n) is 4.25. The summed E-state index contributed by atoms with van der Waals surface area (Å²) in [6, 6.07) is 1.92. The maximum Gasteiger partial charge on any atom is 0.115 e. The summed E-state index contributed by atoms with van der Waals surface area (Å²) in [6.45, 7) is 5.48. The second-order valence-corrected chi connectivity index (χ2v) is 4.62. The molecule has 4 heteroatoms. The predicted octanol–water partition coefficient (Wildman–Crippen LogP) is 2.75. The molecule has 3 N–H and O–H groups in total. The van der Waals surface area contributed by atoms with E-state index in [0.29, 0.717) is 11.0 Å². The van der Waals surface area contributed by atoms with Gasteiger partial charge in [-0.05, 0) is 31.0 Å². The van der Waals surface area contributed by atoms with Crippen molar-refractivity contribution in [2.24, 2.45) is 0 Å². The van der Waals surface area contributed by atoms with Crippen LogP contribution in [0.5, 0.6) is 0 Å². The number of rotatable bonds is 3. The first-order chi connectivity index (χ1) is 7.70. The van der Waals surface area contributed by atoms with E-state index >= 15 is 0 Å². The van der Waals surface area contributed by atoms with Crippen molar-refractivity contribution in [1.29, 1.82) is 0 Å². The minimum atomic E-state index is 0.633. The standard InChI is InChI=1S/C12H18ClN3/c1-2-5-16-6-3-4-9(8-16)10-7-11(14)15-12(10)13/h4,7,15H,2-3,5-6,8,14H2,1H3. The van der Waals surface area contributed by atoms with Crippen LogP contribution >= 0.6 is 11.6 Å². The number of nitrogens with zero attached hydrogens (tertiary/aromatic N) is 1. The van der Waals surface area contributed by atoms with Gasteiger partial charge in [-0.3, -0.25) is 4.90 Å². The van der Waals surface area contributed by atoms with E-state index in [4.69, 9.17) is 17.3 Å². The third-order valence-corrected chi connectivity index (χ3v) is 3.20. The minimum absolute atomic E-state index is 0.633. The lowest BCUT2D eigenvalue weighted by Gasteiger charge is -2.26. The van der Waals surface area contributed by atoms with Gasteiger partial charge < -0.3 is 10.7 Å². The van der Waals surface area contributed by atoms with Crippen LogP contribution in [0.3, 0.4) is 0 Å². The molecule has 0 spiro atoms. The van der Waals surface area contributed by atoms with Gasteiger partial charge in [0.05, 0.1) is 0 Å².